The Kier molecular flexibility index (Phi) is 4.72. The van der Waals surface area contributed by atoms with Crippen molar-refractivity contribution < 1.29 is 5.11 Å². The molecule has 3 heteroatoms. The molecular weight excluding hydrogens is 243 g/mol. The van der Waals surface area contributed by atoms with Crippen LogP contribution in [-0.4, -0.2) is 22.7 Å². The SMILES string of the molecule is [Be+2].[O-]C(c1ccccc1)(c1ccccc1)C1CCC[N-]1. The van der Waals surface area contributed by atoms with Gasteiger partial charge in [0.05, 0.1) is 0 Å². The van der Waals surface area contributed by atoms with Crippen LogP contribution in [0.4, 0.5) is 0 Å². The quantitative estimate of drug-likeness (QED) is 0.781. The predicted octanol–water partition coefficient (Wildman–Crippen LogP) is 2.45. The second-order valence-corrected chi connectivity index (χ2v) is 5.03. The molecule has 1 heterocycles. The Balaban J connectivity index is 0.00000147. The van der Waals surface area contributed by atoms with Gasteiger partial charge in [0.15, 0.2) is 0 Å². The average Bonchev–Trinajstić information content (AvgIpc) is 3.03. The summed E-state index contributed by atoms with van der Waals surface area (Å²) in [5.74, 6) is 0. The van der Waals surface area contributed by atoms with Gasteiger partial charge >= 0.3 is 10.1 Å². The van der Waals surface area contributed by atoms with Crippen LogP contribution >= 0.6 is 0 Å². The molecule has 1 fully saturated rings. The number of hydrogen-bond acceptors (Lipinski definition) is 1. The standard InChI is InChI=1S/C17H17NO.Be/c19-17(16-12-7-13-18-16,14-8-3-1-4-9-14)15-10-5-2-6-11-15;/h1-6,8-11,16H,7,12-13H2;/q-2;+2. The Morgan fingerprint density at radius 2 is 1.40 bits per heavy atom. The van der Waals surface area contributed by atoms with Gasteiger partial charge in [0, 0.05) is 0 Å². The molecule has 0 aliphatic carbocycles. The molecule has 0 amide bonds. The van der Waals surface area contributed by atoms with E-state index < -0.39 is 5.60 Å². The van der Waals surface area contributed by atoms with Crippen molar-refractivity contribution in [3.8, 4) is 0 Å². The minimum Gasteiger partial charge on any atom is -0.844 e. The van der Waals surface area contributed by atoms with Crippen molar-refractivity contribution in [2.45, 2.75) is 24.5 Å². The number of rotatable bonds is 3. The first-order valence-corrected chi connectivity index (χ1v) is 6.80. The molecule has 2 aromatic carbocycles. The van der Waals surface area contributed by atoms with E-state index in [1.54, 1.807) is 0 Å². The van der Waals surface area contributed by atoms with E-state index in [2.05, 4.69) is 5.32 Å². The van der Waals surface area contributed by atoms with Crippen LogP contribution in [0.5, 0.6) is 0 Å². The van der Waals surface area contributed by atoms with Gasteiger partial charge in [0.25, 0.3) is 0 Å². The smallest absolute Gasteiger partial charge is 0.844 e. The predicted molar refractivity (Wildman–Crippen MR) is 80.7 cm³/mol. The largest absolute Gasteiger partial charge is 2.00 e. The molecule has 3 rings (SSSR count). The van der Waals surface area contributed by atoms with Gasteiger partial charge in [-0.05, 0) is 0 Å². The molecule has 0 radical (unpaired) electrons. The van der Waals surface area contributed by atoms with Gasteiger partial charge in [0.1, 0.15) is 0 Å². The van der Waals surface area contributed by atoms with Gasteiger partial charge in [0.2, 0.25) is 0 Å². The summed E-state index contributed by atoms with van der Waals surface area (Å²) in [6.45, 7) is 0.814. The van der Waals surface area contributed by atoms with Crippen LogP contribution in [0.2, 0.25) is 0 Å². The fourth-order valence-corrected chi connectivity index (χ4v) is 2.88. The molecule has 20 heavy (non-hydrogen) atoms. The van der Waals surface area contributed by atoms with Crippen LogP contribution in [0.3, 0.4) is 0 Å². The molecule has 0 N–H and O–H groups in total. The molecule has 98 valence electrons. The van der Waals surface area contributed by atoms with E-state index in [-0.39, 0.29) is 16.2 Å². The van der Waals surface area contributed by atoms with Crippen molar-refractivity contribution in [2.75, 3.05) is 6.54 Å². The van der Waals surface area contributed by atoms with E-state index in [1.165, 1.54) is 0 Å². The van der Waals surface area contributed by atoms with E-state index in [4.69, 9.17) is 0 Å². The van der Waals surface area contributed by atoms with Gasteiger partial charge in [-0.2, -0.15) is 0 Å². The number of benzene rings is 2. The zero-order valence-electron chi connectivity index (χ0n) is 11.5. The zero-order valence-corrected chi connectivity index (χ0v) is 11.5. The second kappa shape index (κ2) is 6.32. The molecular formula is C17H17BeNO. The molecule has 1 unspecified atom stereocenters. The van der Waals surface area contributed by atoms with Crippen LogP contribution in [0.1, 0.15) is 24.0 Å². The first-order chi connectivity index (χ1) is 9.32. The summed E-state index contributed by atoms with van der Waals surface area (Å²) in [6, 6.07) is 19.2. The van der Waals surface area contributed by atoms with Gasteiger partial charge in [-0.1, -0.05) is 90.2 Å². The fourth-order valence-electron chi connectivity index (χ4n) is 2.88. The molecule has 0 bridgehead atoms. The third-order valence-corrected chi connectivity index (χ3v) is 3.86. The Morgan fingerprint density at radius 3 is 1.80 bits per heavy atom. The van der Waals surface area contributed by atoms with Crippen molar-refractivity contribution >= 4 is 10.1 Å². The number of nitrogens with zero attached hydrogens (tertiary/aromatic N) is 1. The zero-order chi connectivity index (χ0) is 13.1. The van der Waals surface area contributed by atoms with Crippen molar-refractivity contribution in [3.63, 3.8) is 0 Å². The van der Waals surface area contributed by atoms with E-state index in [9.17, 15) is 5.11 Å². The Hall–Kier alpha value is -1.47. The summed E-state index contributed by atoms with van der Waals surface area (Å²) in [5, 5.41) is 18.2. The Bertz CT molecular complexity index is 484. The second-order valence-electron chi connectivity index (χ2n) is 5.03. The Labute approximate surface area is 124 Å². The van der Waals surface area contributed by atoms with Crippen molar-refractivity contribution in [3.05, 3.63) is 77.1 Å². The summed E-state index contributed by atoms with van der Waals surface area (Å²) < 4.78 is 0. The average molecular weight is 260 g/mol. The van der Waals surface area contributed by atoms with Crippen molar-refractivity contribution in [1.82, 2.24) is 0 Å². The molecule has 0 spiro atoms. The molecule has 2 aromatic rings. The van der Waals surface area contributed by atoms with Crippen LogP contribution in [0.15, 0.2) is 60.7 Å². The fraction of sp³-hybridized carbons (Fsp3) is 0.294. The number of hydrogen-bond donors (Lipinski definition) is 0. The summed E-state index contributed by atoms with van der Waals surface area (Å²) in [7, 11) is 0. The first kappa shape index (κ1) is 14.9. The summed E-state index contributed by atoms with van der Waals surface area (Å²) in [5.41, 5.74) is 0.382. The maximum Gasteiger partial charge on any atom is 2.00 e. The van der Waals surface area contributed by atoms with Crippen molar-refractivity contribution in [1.29, 1.82) is 0 Å². The third kappa shape index (κ3) is 2.55. The monoisotopic (exact) mass is 260 g/mol. The maximum absolute atomic E-state index is 13.6. The molecule has 1 aliphatic heterocycles. The van der Waals surface area contributed by atoms with Crippen LogP contribution < -0.4 is 5.11 Å². The molecule has 0 aromatic heterocycles. The van der Waals surface area contributed by atoms with Crippen LogP contribution in [0, 0.1) is 0 Å². The molecule has 0 saturated carbocycles. The molecule has 1 aliphatic rings. The normalized spacial score (nSPS) is 18.6. The molecule has 2 nitrogen and oxygen atoms in total. The molecule has 1 atom stereocenters. The topological polar surface area (TPSA) is 37.2 Å². The summed E-state index contributed by atoms with van der Waals surface area (Å²) in [4.78, 5) is 0. The van der Waals surface area contributed by atoms with Crippen LogP contribution in [0.25, 0.3) is 5.32 Å². The van der Waals surface area contributed by atoms with E-state index >= 15 is 0 Å². The molecule has 1 saturated heterocycles. The maximum atomic E-state index is 13.6. The first-order valence-electron chi connectivity index (χ1n) is 6.80. The van der Waals surface area contributed by atoms with Gasteiger partial charge in [-0.3, -0.25) is 0 Å². The summed E-state index contributed by atoms with van der Waals surface area (Å²) >= 11 is 0. The minimum atomic E-state index is -1.25. The minimum absolute atomic E-state index is 0. The van der Waals surface area contributed by atoms with Gasteiger partial charge < -0.3 is 10.4 Å². The van der Waals surface area contributed by atoms with Gasteiger partial charge in [-0.15, -0.1) is 12.6 Å². The van der Waals surface area contributed by atoms with E-state index in [1.807, 2.05) is 60.7 Å². The van der Waals surface area contributed by atoms with Crippen molar-refractivity contribution in [2.24, 2.45) is 0 Å². The summed E-state index contributed by atoms with van der Waals surface area (Å²) in [6.07, 6.45) is 1.90. The van der Waals surface area contributed by atoms with Crippen LogP contribution in [-0.2, 0) is 5.60 Å². The van der Waals surface area contributed by atoms with E-state index in [0.29, 0.717) is 0 Å². The Morgan fingerprint density at radius 1 is 0.900 bits per heavy atom. The van der Waals surface area contributed by atoms with E-state index in [0.717, 1.165) is 30.5 Å². The van der Waals surface area contributed by atoms with Gasteiger partial charge in [-0.25, -0.2) is 0 Å². The third-order valence-electron chi connectivity index (χ3n) is 3.86.